The molecule has 0 fully saturated rings. The number of rotatable bonds is 3. The van der Waals surface area contributed by atoms with Crippen LogP contribution in [0.25, 0.3) is 0 Å². The largest absolute Gasteiger partial charge is 0.457 e. The predicted molar refractivity (Wildman–Crippen MR) is 77.9 cm³/mol. The fourth-order valence-corrected chi connectivity index (χ4v) is 1.90. The van der Waals surface area contributed by atoms with Crippen LogP contribution in [0.2, 0.25) is 0 Å². The van der Waals surface area contributed by atoms with E-state index in [-0.39, 0.29) is 5.84 Å². The van der Waals surface area contributed by atoms with Crippen molar-refractivity contribution in [3.05, 3.63) is 58.1 Å². The van der Waals surface area contributed by atoms with Crippen LogP contribution in [0.5, 0.6) is 11.5 Å². The zero-order valence-electron chi connectivity index (χ0n) is 10.3. The van der Waals surface area contributed by atoms with E-state index in [1.807, 2.05) is 25.1 Å². The SMILES string of the molecule is Cc1ccc(Br)cc1Oc1ccc(/C(N)=N/O)cc1. The Morgan fingerprint density at radius 2 is 1.89 bits per heavy atom. The summed E-state index contributed by atoms with van der Waals surface area (Å²) in [6.07, 6.45) is 0. The first-order chi connectivity index (χ1) is 9.10. The Balaban J connectivity index is 2.22. The zero-order chi connectivity index (χ0) is 13.8. The van der Waals surface area contributed by atoms with Crippen molar-refractivity contribution in [3.63, 3.8) is 0 Å². The van der Waals surface area contributed by atoms with Gasteiger partial charge in [-0.1, -0.05) is 27.2 Å². The van der Waals surface area contributed by atoms with Gasteiger partial charge in [0.05, 0.1) is 0 Å². The predicted octanol–water partition coefficient (Wildman–Crippen LogP) is 3.64. The molecule has 0 aliphatic heterocycles. The fourth-order valence-electron chi connectivity index (χ4n) is 1.56. The average Bonchev–Trinajstić information content (AvgIpc) is 2.43. The monoisotopic (exact) mass is 320 g/mol. The van der Waals surface area contributed by atoms with E-state index in [9.17, 15) is 0 Å². The van der Waals surface area contributed by atoms with Gasteiger partial charge in [-0.05, 0) is 48.9 Å². The Labute approximate surface area is 119 Å². The molecule has 5 heteroatoms. The number of halogens is 1. The number of hydrogen-bond donors (Lipinski definition) is 2. The molecular formula is C14H13BrN2O2. The number of benzene rings is 2. The second-order valence-corrected chi connectivity index (χ2v) is 4.94. The Morgan fingerprint density at radius 1 is 1.21 bits per heavy atom. The van der Waals surface area contributed by atoms with Gasteiger partial charge in [0.15, 0.2) is 5.84 Å². The molecule has 0 spiro atoms. The van der Waals surface area contributed by atoms with Crippen molar-refractivity contribution in [2.45, 2.75) is 6.92 Å². The molecule has 0 aliphatic rings. The standard InChI is InChI=1S/C14H13BrN2O2/c1-9-2-5-11(15)8-13(9)19-12-6-3-10(4-7-12)14(16)17-18/h2-8,18H,1H3,(H2,16,17). The molecule has 0 aliphatic carbocycles. The van der Waals surface area contributed by atoms with Crippen LogP contribution < -0.4 is 10.5 Å². The maximum absolute atomic E-state index is 8.59. The van der Waals surface area contributed by atoms with E-state index in [2.05, 4.69) is 21.1 Å². The minimum absolute atomic E-state index is 0.0742. The first-order valence-electron chi connectivity index (χ1n) is 5.62. The second-order valence-electron chi connectivity index (χ2n) is 4.02. The Hall–Kier alpha value is -2.01. The van der Waals surface area contributed by atoms with Gasteiger partial charge in [-0.3, -0.25) is 0 Å². The number of amidine groups is 1. The zero-order valence-corrected chi connectivity index (χ0v) is 11.9. The lowest BCUT2D eigenvalue weighted by Gasteiger charge is -2.09. The third kappa shape index (κ3) is 3.26. The number of hydrogen-bond acceptors (Lipinski definition) is 3. The van der Waals surface area contributed by atoms with Crippen LogP contribution in [0.1, 0.15) is 11.1 Å². The lowest BCUT2D eigenvalue weighted by Crippen LogP contribution is -2.12. The third-order valence-electron chi connectivity index (χ3n) is 2.64. The van der Waals surface area contributed by atoms with Crippen molar-refractivity contribution in [1.29, 1.82) is 0 Å². The second kappa shape index (κ2) is 5.75. The van der Waals surface area contributed by atoms with Crippen molar-refractivity contribution in [2.24, 2.45) is 10.9 Å². The number of nitrogens with two attached hydrogens (primary N) is 1. The summed E-state index contributed by atoms with van der Waals surface area (Å²) >= 11 is 3.41. The number of ether oxygens (including phenoxy) is 1. The van der Waals surface area contributed by atoms with Crippen LogP contribution in [-0.2, 0) is 0 Å². The summed E-state index contributed by atoms with van der Waals surface area (Å²) in [5, 5.41) is 11.5. The summed E-state index contributed by atoms with van der Waals surface area (Å²) < 4.78 is 6.74. The summed E-state index contributed by atoms with van der Waals surface area (Å²) in [5.74, 6) is 1.55. The molecule has 0 radical (unpaired) electrons. The van der Waals surface area contributed by atoms with E-state index >= 15 is 0 Å². The third-order valence-corrected chi connectivity index (χ3v) is 3.13. The van der Waals surface area contributed by atoms with Crippen LogP contribution in [0.3, 0.4) is 0 Å². The summed E-state index contributed by atoms with van der Waals surface area (Å²) in [6, 6.07) is 12.9. The van der Waals surface area contributed by atoms with Gasteiger partial charge < -0.3 is 15.7 Å². The maximum Gasteiger partial charge on any atom is 0.170 e. The highest BCUT2D eigenvalue weighted by molar-refractivity contribution is 9.10. The minimum Gasteiger partial charge on any atom is -0.457 e. The normalized spacial score (nSPS) is 11.4. The molecule has 0 amide bonds. The molecule has 0 saturated carbocycles. The Kier molecular flexibility index (Phi) is 4.06. The van der Waals surface area contributed by atoms with E-state index in [1.54, 1.807) is 24.3 Å². The molecule has 3 N–H and O–H groups in total. The van der Waals surface area contributed by atoms with Crippen LogP contribution >= 0.6 is 15.9 Å². The molecule has 0 heterocycles. The molecule has 0 unspecified atom stereocenters. The molecule has 0 aromatic heterocycles. The summed E-state index contributed by atoms with van der Waals surface area (Å²) in [4.78, 5) is 0. The first kappa shape index (κ1) is 13.4. The van der Waals surface area contributed by atoms with E-state index in [0.29, 0.717) is 11.3 Å². The van der Waals surface area contributed by atoms with Crippen LogP contribution in [0.4, 0.5) is 0 Å². The average molecular weight is 321 g/mol. The van der Waals surface area contributed by atoms with Crippen molar-refractivity contribution < 1.29 is 9.94 Å². The van der Waals surface area contributed by atoms with Gasteiger partial charge >= 0.3 is 0 Å². The van der Waals surface area contributed by atoms with Gasteiger partial charge in [-0.15, -0.1) is 0 Å². The number of nitrogens with zero attached hydrogens (tertiary/aromatic N) is 1. The molecule has 0 saturated heterocycles. The number of oxime groups is 1. The highest BCUT2D eigenvalue weighted by Crippen LogP contribution is 2.28. The van der Waals surface area contributed by atoms with Crippen LogP contribution in [0.15, 0.2) is 52.1 Å². The number of aryl methyl sites for hydroxylation is 1. The van der Waals surface area contributed by atoms with E-state index in [4.69, 9.17) is 15.7 Å². The minimum atomic E-state index is 0.0742. The molecule has 2 aromatic carbocycles. The van der Waals surface area contributed by atoms with E-state index in [1.165, 1.54) is 0 Å². The van der Waals surface area contributed by atoms with Crippen LogP contribution in [-0.4, -0.2) is 11.0 Å². The fraction of sp³-hybridized carbons (Fsp3) is 0.0714. The molecule has 2 aromatic rings. The summed E-state index contributed by atoms with van der Waals surface area (Å²) in [5.41, 5.74) is 7.18. The highest BCUT2D eigenvalue weighted by atomic mass is 79.9. The van der Waals surface area contributed by atoms with Crippen molar-refractivity contribution in [1.82, 2.24) is 0 Å². The van der Waals surface area contributed by atoms with Crippen molar-refractivity contribution in [2.75, 3.05) is 0 Å². The van der Waals surface area contributed by atoms with Gasteiger partial charge in [0, 0.05) is 10.0 Å². The molecular weight excluding hydrogens is 308 g/mol. The summed E-state index contributed by atoms with van der Waals surface area (Å²) in [7, 11) is 0. The molecule has 4 nitrogen and oxygen atoms in total. The van der Waals surface area contributed by atoms with Crippen molar-refractivity contribution in [3.8, 4) is 11.5 Å². The molecule has 2 rings (SSSR count). The van der Waals surface area contributed by atoms with E-state index < -0.39 is 0 Å². The van der Waals surface area contributed by atoms with Crippen molar-refractivity contribution >= 4 is 21.8 Å². The van der Waals surface area contributed by atoms with Gasteiger partial charge in [0.2, 0.25) is 0 Å². The Bertz CT molecular complexity index is 609. The Morgan fingerprint density at radius 3 is 2.53 bits per heavy atom. The summed E-state index contributed by atoms with van der Waals surface area (Å²) in [6.45, 7) is 1.98. The van der Waals surface area contributed by atoms with Gasteiger partial charge in [0.1, 0.15) is 11.5 Å². The van der Waals surface area contributed by atoms with Gasteiger partial charge in [0.25, 0.3) is 0 Å². The first-order valence-corrected chi connectivity index (χ1v) is 6.41. The smallest absolute Gasteiger partial charge is 0.170 e. The maximum atomic E-state index is 8.59. The topological polar surface area (TPSA) is 67.8 Å². The van der Waals surface area contributed by atoms with Crippen LogP contribution in [0, 0.1) is 6.92 Å². The molecule has 19 heavy (non-hydrogen) atoms. The highest BCUT2D eigenvalue weighted by Gasteiger charge is 2.04. The lowest BCUT2D eigenvalue weighted by atomic mass is 10.2. The molecule has 98 valence electrons. The van der Waals surface area contributed by atoms with Gasteiger partial charge in [-0.25, -0.2) is 0 Å². The quantitative estimate of drug-likeness (QED) is 0.392. The van der Waals surface area contributed by atoms with Gasteiger partial charge in [-0.2, -0.15) is 0 Å². The molecule has 0 atom stereocenters. The van der Waals surface area contributed by atoms with E-state index in [0.717, 1.165) is 15.8 Å². The molecule has 0 bridgehead atoms. The lowest BCUT2D eigenvalue weighted by molar-refractivity contribution is 0.318.